The molecule has 0 radical (unpaired) electrons. The fourth-order valence-electron chi connectivity index (χ4n) is 6.01. The maximum atomic E-state index is 13.5. The zero-order valence-corrected chi connectivity index (χ0v) is 24.2. The molecule has 5 rings (SSSR count). The molecule has 0 aromatic heterocycles. The highest BCUT2D eigenvalue weighted by Crippen LogP contribution is 2.30. The fraction of sp³-hybridized carbons (Fsp3) is 0.382. The van der Waals surface area contributed by atoms with Gasteiger partial charge in [0.1, 0.15) is 5.82 Å². The molecule has 220 valence electrons. The molecule has 1 aliphatic carbocycles. The van der Waals surface area contributed by atoms with Crippen LogP contribution in [0.25, 0.3) is 0 Å². The summed E-state index contributed by atoms with van der Waals surface area (Å²) in [6.07, 6.45) is 4.64. The number of halogens is 1. The molecule has 3 aromatic rings. The van der Waals surface area contributed by atoms with E-state index < -0.39 is 0 Å². The minimum absolute atomic E-state index is 0.00561. The fourth-order valence-corrected chi connectivity index (χ4v) is 6.01. The lowest BCUT2D eigenvalue weighted by atomic mass is 9.94. The van der Waals surface area contributed by atoms with E-state index in [9.17, 15) is 18.8 Å². The Balaban J connectivity index is 1.31. The first-order valence-electron chi connectivity index (χ1n) is 15.0. The molecule has 1 atom stereocenters. The molecule has 1 aliphatic heterocycles. The molecule has 2 N–H and O–H groups in total. The number of anilines is 2. The minimum atomic E-state index is -0.329. The van der Waals surface area contributed by atoms with E-state index in [0.717, 1.165) is 48.9 Å². The summed E-state index contributed by atoms with van der Waals surface area (Å²) < 4.78 is 13.3. The summed E-state index contributed by atoms with van der Waals surface area (Å²) in [6, 6.07) is 21.4. The van der Waals surface area contributed by atoms with Gasteiger partial charge >= 0.3 is 0 Å². The van der Waals surface area contributed by atoms with E-state index >= 15 is 0 Å². The van der Waals surface area contributed by atoms with Crippen LogP contribution >= 0.6 is 0 Å². The van der Waals surface area contributed by atoms with Gasteiger partial charge in [-0.05, 0) is 60.7 Å². The first-order valence-corrected chi connectivity index (χ1v) is 15.0. The van der Waals surface area contributed by atoms with Gasteiger partial charge in [-0.15, -0.1) is 0 Å². The van der Waals surface area contributed by atoms with Crippen molar-refractivity contribution in [2.45, 2.75) is 51.5 Å². The van der Waals surface area contributed by atoms with E-state index in [-0.39, 0.29) is 41.9 Å². The maximum absolute atomic E-state index is 13.5. The van der Waals surface area contributed by atoms with E-state index in [1.165, 1.54) is 12.1 Å². The topological polar surface area (TPSA) is 81.8 Å². The third kappa shape index (κ3) is 6.98. The van der Waals surface area contributed by atoms with Gasteiger partial charge in [0.15, 0.2) is 0 Å². The Labute approximate surface area is 247 Å². The Kier molecular flexibility index (Phi) is 9.52. The van der Waals surface area contributed by atoms with Gasteiger partial charge in [0.25, 0.3) is 5.91 Å². The van der Waals surface area contributed by atoms with Gasteiger partial charge < -0.3 is 20.4 Å². The molecule has 2 aliphatic rings. The average molecular weight is 571 g/mol. The van der Waals surface area contributed by atoms with Crippen LogP contribution in [0, 0.1) is 11.7 Å². The second-order valence-corrected chi connectivity index (χ2v) is 11.2. The molecule has 0 bridgehead atoms. The average Bonchev–Trinajstić information content (AvgIpc) is 3.57. The van der Waals surface area contributed by atoms with Crippen LogP contribution in [0.3, 0.4) is 0 Å². The zero-order valence-electron chi connectivity index (χ0n) is 24.2. The van der Waals surface area contributed by atoms with Gasteiger partial charge in [-0.2, -0.15) is 0 Å². The largest absolute Gasteiger partial charge is 0.367 e. The molecule has 8 heteroatoms. The maximum Gasteiger partial charge on any atom is 0.253 e. The van der Waals surface area contributed by atoms with Crippen molar-refractivity contribution in [2.24, 2.45) is 5.92 Å². The summed E-state index contributed by atoms with van der Waals surface area (Å²) in [5, 5.41) is 5.97. The lowest BCUT2D eigenvalue weighted by Crippen LogP contribution is -2.50. The van der Waals surface area contributed by atoms with Crippen molar-refractivity contribution in [3.8, 4) is 0 Å². The van der Waals surface area contributed by atoms with Crippen molar-refractivity contribution in [3.63, 3.8) is 0 Å². The molecular formula is C34H39FN4O3. The number of nitrogens with zero attached hydrogens (tertiary/aromatic N) is 2. The summed E-state index contributed by atoms with van der Waals surface area (Å²) in [6.45, 7) is 4.57. The van der Waals surface area contributed by atoms with E-state index in [0.29, 0.717) is 37.4 Å². The molecule has 1 saturated heterocycles. The number of piperazine rings is 1. The number of rotatable bonds is 9. The normalized spacial score (nSPS) is 16.2. The first kappa shape index (κ1) is 29.3. The smallest absolute Gasteiger partial charge is 0.253 e. The van der Waals surface area contributed by atoms with Crippen LogP contribution in [0.2, 0.25) is 0 Å². The van der Waals surface area contributed by atoms with E-state index in [1.54, 1.807) is 18.2 Å². The van der Waals surface area contributed by atoms with Crippen molar-refractivity contribution in [1.29, 1.82) is 0 Å². The van der Waals surface area contributed by atoms with Gasteiger partial charge in [-0.3, -0.25) is 14.4 Å². The molecule has 0 spiro atoms. The number of carbonyl (C=O) groups excluding carboxylic acids is 3. The van der Waals surface area contributed by atoms with Crippen LogP contribution in [0.15, 0.2) is 72.8 Å². The van der Waals surface area contributed by atoms with Crippen molar-refractivity contribution < 1.29 is 18.8 Å². The Morgan fingerprint density at radius 2 is 1.60 bits per heavy atom. The predicted molar refractivity (Wildman–Crippen MR) is 163 cm³/mol. The van der Waals surface area contributed by atoms with Crippen molar-refractivity contribution >= 4 is 29.1 Å². The molecule has 3 aromatic carbocycles. The predicted octanol–water partition coefficient (Wildman–Crippen LogP) is 5.73. The lowest BCUT2D eigenvalue weighted by Gasteiger charge is -2.38. The third-order valence-electron chi connectivity index (χ3n) is 8.44. The van der Waals surface area contributed by atoms with Crippen LogP contribution in [0.4, 0.5) is 15.8 Å². The molecule has 1 heterocycles. The summed E-state index contributed by atoms with van der Waals surface area (Å²) in [5.74, 6) is -0.647. The zero-order chi connectivity index (χ0) is 29.5. The van der Waals surface area contributed by atoms with E-state index in [4.69, 9.17) is 0 Å². The van der Waals surface area contributed by atoms with E-state index in [1.807, 2.05) is 54.3 Å². The van der Waals surface area contributed by atoms with Crippen molar-refractivity contribution in [2.75, 3.05) is 36.4 Å². The number of benzene rings is 3. The monoisotopic (exact) mass is 570 g/mol. The van der Waals surface area contributed by atoms with Crippen LogP contribution in [-0.2, 0) is 16.1 Å². The quantitative estimate of drug-likeness (QED) is 0.345. The Hall–Kier alpha value is -4.20. The number of nitrogens with one attached hydrogen (secondary N) is 2. The molecular weight excluding hydrogens is 531 g/mol. The van der Waals surface area contributed by atoms with Gasteiger partial charge in [-0.1, -0.05) is 62.2 Å². The highest BCUT2D eigenvalue weighted by atomic mass is 19.1. The van der Waals surface area contributed by atoms with E-state index in [2.05, 4.69) is 15.5 Å². The third-order valence-corrected chi connectivity index (χ3v) is 8.44. The Morgan fingerprint density at radius 3 is 2.26 bits per heavy atom. The minimum Gasteiger partial charge on any atom is -0.367 e. The molecule has 0 unspecified atom stereocenters. The number of hydrogen-bond donors (Lipinski definition) is 2. The van der Waals surface area contributed by atoms with Gasteiger partial charge in [0.05, 0.1) is 11.5 Å². The van der Waals surface area contributed by atoms with Crippen LogP contribution < -0.4 is 15.5 Å². The van der Waals surface area contributed by atoms with Crippen LogP contribution in [0.5, 0.6) is 0 Å². The highest BCUT2D eigenvalue weighted by molar-refractivity contribution is 6.02. The number of amides is 3. The lowest BCUT2D eigenvalue weighted by molar-refractivity contribution is -0.133. The van der Waals surface area contributed by atoms with Crippen LogP contribution in [0.1, 0.15) is 66.4 Å². The molecule has 1 saturated carbocycles. The summed E-state index contributed by atoms with van der Waals surface area (Å²) in [7, 11) is 0. The Morgan fingerprint density at radius 1 is 0.905 bits per heavy atom. The first-order chi connectivity index (χ1) is 20.4. The second kappa shape index (κ2) is 13.6. The molecule has 7 nitrogen and oxygen atoms in total. The standard InChI is InChI=1S/C34H39FN4O3/c1-2-29(25-8-4-3-5-9-25)34(42)39-20-18-38(19-21-39)31-17-16-28(37-32(40)26-10-6-7-11-26)22-30(31)33(41)36-23-24-12-14-27(35)15-13-24/h3-5,8-9,12-17,22,26,29H,2,6-7,10-11,18-21,23H2,1H3,(H,36,41)(H,37,40)/t29-/m0/s1. The molecule has 42 heavy (non-hydrogen) atoms. The second-order valence-electron chi connectivity index (χ2n) is 11.2. The molecule has 2 fully saturated rings. The Bertz CT molecular complexity index is 1380. The van der Waals surface area contributed by atoms with Crippen molar-refractivity contribution in [3.05, 3.63) is 95.3 Å². The summed E-state index contributed by atoms with van der Waals surface area (Å²) in [4.78, 5) is 43.8. The van der Waals surface area contributed by atoms with Crippen LogP contribution in [-0.4, -0.2) is 48.8 Å². The highest BCUT2D eigenvalue weighted by Gasteiger charge is 2.29. The van der Waals surface area contributed by atoms with Gasteiger partial charge in [0, 0.05) is 50.0 Å². The summed E-state index contributed by atoms with van der Waals surface area (Å²) in [5.41, 5.74) is 3.62. The summed E-state index contributed by atoms with van der Waals surface area (Å²) >= 11 is 0. The number of hydrogen-bond acceptors (Lipinski definition) is 4. The van der Waals surface area contributed by atoms with Gasteiger partial charge in [-0.25, -0.2) is 4.39 Å². The van der Waals surface area contributed by atoms with Crippen molar-refractivity contribution in [1.82, 2.24) is 10.2 Å². The number of carbonyl (C=O) groups is 3. The molecule has 3 amide bonds. The van der Waals surface area contributed by atoms with Gasteiger partial charge in [0.2, 0.25) is 11.8 Å². The SMILES string of the molecule is CC[C@H](C(=O)N1CCN(c2ccc(NC(=O)C3CCCC3)cc2C(=O)NCc2ccc(F)cc2)CC1)c1ccccc1.